The molecule has 0 bridgehead atoms. The van der Waals surface area contributed by atoms with E-state index in [-0.39, 0.29) is 12.2 Å². The van der Waals surface area contributed by atoms with Gasteiger partial charge in [-0.1, -0.05) is 17.7 Å². The molecule has 0 aromatic heterocycles. The van der Waals surface area contributed by atoms with Crippen LogP contribution in [0.1, 0.15) is 62.8 Å². The minimum absolute atomic E-state index is 0.203. The maximum absolute atomic E-state index is 12.7. The Hall–Kier alpha value is -2.29. The van der Waals surface area contributed by atoms with Gasteiger partial charge in [-0.05, 0) is 80.8 Å². The van der Waals surface area contributed by atoms with E-state index in [1.807, 2.05) is 7.05 Å². The number of carbonyl (C=O) groups excluding carboxylic acids is 1. The molecule has 1 aliphatic heterocycles. The van der Waals surface area contributed by atoms with Crippen LogP contribution >= 0.6 is 0 Å². The van der Waals surface area contributed by atoms with Crippen molar-refractivity contribution in [3.63, 3.8) is 0 Å². The molecule has 0 saturated heterocycles. The summed E-state index contributed by atoms with van der Waals surface area (Å²) in [5.41, 5.74) is 9.09. The van der Waals surface area contributed by atoms with Gasteiger partial charge >= 0.3 is 5.97 Å². The molecule has 4 rings (SSSR count). The van der Waals surface area contributed by atoms with E-state index in [2.05, 4.69) is 49.9 Å². The number of fused-ring (bicyclic) bond motifs is 2. The van der Waals surface area contributed by atoms with Gasteiger partial charge in [0.2, 0.25) is 6.23 Å². The summed E-state index contributed by atoms with van der Waals surface area (Å²) in [6.45, 7) is 6.29. The van der Waals surface area contributed by atoms with Gasteiger partial charge < -0.3 is 9.64 Å². The molecule has 0 fully saturated rings. The van der Waals surface area contributed by atoms with Crippen LogP contribution in [0.25, 0.3) is 0 Å². The molecule has 130 valence electrons. The molecule has 0 radical (unpaired) electrons. The van der Waals surface area contributed by atoms with Crippen LogP contribution in [0.15, 0.2) is 24.3 Å². The van der Waals surface area contributed by atoms with Crippen LogP contribution in [0.2, 0.25) is 0 Å². The first-order valence-corrected chi connectivity index (χ1v) is 9.13. The highest BCUT2D eigenvalue weighted by Gasteiger charge is 2.34. The Bertz CT molecular complexity index is 846. The Morgan fingerprint density at radius 1 is 0.960 bits per heavy atom. The second-order valence-corrected chi connectivity index (χ2v) is 7.53. The van der Waals surface area contributed by atoms with Gasteiger partial charge in [-0.3, -0.25) is 0 Å². The number of carbonyl (C=O) groups is 1. The third kappa shape index (κ3) is 2.62. The van der Waals surface area contributed by atoms with Crippen molar-refractivity contribution in [2.45, 2.75) is 52.7 Å². The minimum Gasteiger partial charge on any atom is -0.433 e. The van der Waals surface area contributed by atoms with Crippen LogP contribution in [0.5, 0.6) is 0 Å². The lowest BCUT2D eigenvalue weighted by atomic mass is 9.88. The molecule has 2 aromatic carbocycles. The van der Waals surface area contributed by atoms with Crippen molar-refractivity contribution < 1.29 is 9.53 Å². The van der Waals surface area contributed by atoms with Crippen LogP contribution in [-0.2, 0) is 17.6 Å². The Morgan fingerprint density at radius 3 is 2.20 bits per heavy atom. The summed E-state index contributed by atoms with van der Waals surface area (Å²) in [6.07, 6.45) is 4.26. The first-order chi connectivity index (χ1) is 12.0. The molecular formula is C22H25NO2. The molecule has 0 saturated carbocycles. The van der Waals surface area contributed by atoms with Crippen molar-refractivity contribution in [1.29, 1.82) is 0 Å². The third-order valence-corrected chi connectivity index (χ3v) is 5.62. The van der Waals surface area contributed by atoms with E-state index in [1.54, 1.807) is 0 Å². The largest absolute Gasteiger partial charge is 0.433 e. The number of hydrogen-bond acceptors (Lipinski definition) is 3. The van der Waals surface area contributed by atoms with E-state index in [9.17, 15) is 4.79 Å². The number of hydrogen-bond donors (Lipinski definition) is 0. The van der Waals surface area contributed by atoms with Crippen molar-refractivity contribution in [3.8, 4) is 0 Å². The molecule has 1 heterocycles. The van der Waals surface area contributed by atoms with Crippen LogP contribution in [0.3, 0.4) is 0 Å². The topological polar surface area (TPSA) is 29.5 Å². The van der Waals surface area contributed by atoms with Gasteiger partial charge in [-0.25, -0.2) is 4.79 Å². The summed E-state index contributed by atoms with van der Waals surface area (Å²) in [6, 6.07) is 8.60. The molecule has 2 aliphatic rings. The van der Waals surface area contributed by atoms with E-state index in [0.29, 0.717) is 5.56 Å². The van der Waals surface area contributed by atoms with E-state index in [0.717, 1.165) is 24.1 Å². The highest BCUT2D eigenvalue weighted by Crippen LogP contribution is 2.40. The van der Waals surface area contributed by atoms with E-state index in [4.69, 9.17) is 4.74 Å². The number of benzene rings is 2. The lowest BCUT2D eigenvalue weighted by molar-refractivity contribution is 0.0260. The molecular weight excluding hydrogens is 310 g/mol. The minimum atomic E-state index is -0.359. The predicted molar refractivity (Wildman–Crippen MR) is 100 cm³/mol. The van der Waals surface area contributed by atoms with Gasteiger partial charge in [0.15, 0.2) is 0 Å². The molecule has 0 spiro atoms. The number of ether oxygens (including phenoxy) is 1. The first-order valence-electron chi connectivity index (χ1n) is 9.13. The molecule has 1 unspecified atom stereocenters. The maximum atomic E-state index is 12.7. The Labute approximate surface area is 149 Å². The van der Waals surface area contributed by atoms with Crippen molar-refractivity contribution in [2.24, 2.45) is 0 Å². The number of esters is 1. The monoisotopic (exact) mass is 335 g/mol. The van der Waals surface area contributed by atoms with E-state index in [1.165, 1.54) is 40.7 Å². The average Bonchev–Trinajstić information content (AvgIpc) is 2.57. The van der Waals surface area contributed by atoms with Crippen LogP contribution in [0.4, 0.5) is 5.69 Å². The van der Waals surface area contributed by atoms with Crippen molar-refractivity contribution in [2.75, 3.05) is 11.9 Å². The fourth-order valence-electron chi connectivity index (χ4n) is 4.43. The summed E-state index contributed by atoms with van der Waals surface area (Å²) in [5, 5.41) is 0. The van der Waals surface area contributed by atoms with Crippen LogP contribution in [0, 0.1) is 20.8 Å². The third-order valence-electron chi connectivity index (χ3n) is 5.62. The number of nitrogens with zero attached hydrogens (tertiary/aromatic N) is 1. The molecule has 3 nitrogen and oxygen atoms in total. The fraction of sp³-hybridized carbons (Fsp3) is 0.409. The zero-order valence-corrected chi connectivity index (χ0v) is 15.5. The molecule has 2 aromatic rings. The van der Waals surface area contributed by atoms with E-state index >= 15 is 0 Å². The molecule has 1 atom stereocenters. The van der Waals surface area contributed by atoms with Gasteiger partial charge in [-0.15, -0.1) is 0 Å². The lowest BCUT2D eigenvalue weighted by Gasteiger charge is -2.37. The summed E-state index contributed by atoms with van der Waals surface area (Å²) >= 11 is 0. The highest BCUT2D eigenvalue weighted by atomic mass is 16.6. The molecule has 25 heavy (non-hydrogen) atoms. The van der Waals surface area contributed by atoms with Crippen LogP contribution < -0.4 is 4.90 Å². The zero-order chi connectivity index (χ0) is 17.7. The Morgan fingerprint density at radius 2 is 1.56 bits per heavy atom. The standard InChI is InChI=1S/C22H25NO2/c1-13-9-14(2)20(15(3)10-13)21-23(4)19-12-17-8-6-5-7-16(17)11-18(19)22(24)25-21/h9-12,21H,5-8H2,1-4H3. The summed E-state index contributed by atoms with van der Waals surface area (Å²) in [5.74, 6) is -0.203. The van der Waals surface area contributed by atoms with Crippen molar-refractivity contribution >= 4 is 11.7 Å². The number of aryl methyl sites for hydroxylation is 5. The van der Waals surface area contributed by atoms with Gasteiger partial charge in [0, 0.05) is 12.6 Å². The molecule has 0 amide bonds. The van der Waals surface area contributed by atoms with Crippen molar-refractivity contribution in [1.82, 2.24) is 0 Å². The average molecular weight is 335 g/mol. The summed E-state index contributed by atoms with van der Waals surface area (Å²) in [7, 11) is 2.03. The predicted octanol–water partition coefficient (Wildman–Crippen LogP) is 4.80. The second-order valence-electron chi connectivity index (χ2n) is 7.53. The molecule has 3 heteroatoms. The smallest absolute Gasteiger partial charge is 0.342 e. The van der Waals surface area contributed by atoms with E-state index < -0.39 is 0 Å². The maximum Gasteiger partial charge on any atom is 0.342 e. The Balaban J connectivity index is 1.82. The SMILES string of the molecule is Cc1cc(C)c(C2OC(=O)c3cc4c(cc3N2C)CCCC4)c(C)c1. The lowest BCUT2D eigenvalue weighted by Crippen LogP contribution is -2.35. The number of anilines is 1. The normalized spacial score (nSPS) is 19.3. The second kappa shape index (κ2) is 5.91. The summed E-state index contributed by atoms with van der Waals surface area (Å²) < 4.78 is 5.89. The molecule has 1 aliphatic carbocycles. The van der Waals surface area contributed by atoms with Gasteiger partial charge in [0.1, 0.15) is 0 Å². The van der Waals surface area contributed by atoms with Crippen molar-refractivity contribution in [3.05, 3.63) is 63.2 Å². The first kappa shape index (κ1) is 16.2. The van der Waals surface area contributed by atoms with Crippen LogP contribution in [-0.4, -0.2) is 13.0 Å². The zero-order valence-electron chi connectivity index (χ0n) is 15.5. The quantitative estimate of drug-likeness (QED) is 0.701. The van der Waals surface area contributed by atoms with Gasteiger partial charge in [0.25, 0.3) is 0 Å². The Kier molecular flexibility index (Phi) is 3.82. The fourth-order valence-corrected chi connectivity index (χ4v) is 4.43. The summed E-state index contributed by atoms with van der Waals surface area (Å²) in [4.78, 5) is 14.9. The van der Waals surface area contributed by atoms with Gasteiger partial charge in [-0.2, -0.15) is 0 Å². The van der Waals surface area contributed by atoms with Gasteiger partial charge in [0.05, 0.1) is 11.3 Å². The molecule has 0 N–H and O–H groups in total. The number of cyclic esters (lactones) is 1. The highest BCUT2D eigenvalue weighted by molar-refractivity contribution is 5.98. The number of rotatable bonds is 1.